The third-order valence-corrected chi connectivity index (χ3v) is 3.73. The minimum Gasteiger partial charge on any atom is -0.338 e. The molecule has 21 heavy (non-hydrogen) atoms. The fourth-order valence-electron chi connectivity index (χ4n) is 2.37. The average Bonchev–Trinajstić information content (AvgIpc) is 2.90. The molecule has 1 N–H and O–H groups in total. The summed E-state index contributed by atoms with van der Waals surface area (Å²) in [4.78, 5) is 15.6. The molecule has 0 aromatic carbocycles. The summed E-state index contributed by atoms with van der Waals surface area (Å²) in [5, 5.41) is 1.42. The van der Waals surface area contributed by atoms with E-state index in [4.69, 9.17) is 11.6 Å². The largest absolute Gasteiger partial charge is 0.338 e. The second kappa shape index (κ2) is 4.49. The summed E-state index contributed by atoms with van der Waals surface area (Å²) >= 11 is 6.08. The van der Waals surface area contributed by atoms with Gasteiger partial charge >= 0.3 is 0 Å². The van der Waals surface area contributed by atoms with E-state index in [1.807, 2.05) is 18.2 Å². The lowest BCUT2D eigenvalue weighted by Gasteiger charge is -2.00. The summed E-state index contributed by atoms with van der Waals surface area (Å²) in [5.41, 5.74) is 2.94. The van der Waals surface area contributed by atoms with Crippen LogP contribution in [0.2, 0.25) is 5.02 Å². The van der Waals surface area contributed by atoms with E-state index in [0.29, 0.717) is 11.0 Å². The molecule has 0 spiro atoms. The standard InChI is InChI=1S/C15H8ClFN4/c16-14-10(17)6-20-15-13(14)9-4-11(19-7-12(9)21-15)8-2-1-3-18-5-8/h1-7H,(H,20,21). The predicted octanol–water partition coefficient (Wildman–Crippen LogP) is 3.97. The van der Waals surface area contributed by atoms with Crippen molar-refractivity contribution in [3.8, 4) is 11.3 Å². The van der Waals surface area contributed by atoms with Crippen LogP contribution in [0, 0.1) is 5.82 Å². The van der Waals surface area contributed by atoms with Gasteiger partial charge in [-0.1, -0.05) is 11.6 Å². The zero-order valence-corrected chi connectivity index (χ0v) is 11.4. The maximum Gasteiger partial charge on any atom is 0.160 e. The van der Waals surface area contributed by atoms with E-state index in [0.717, 1.165) is 28.4 Å². The lowest BCUT2D eigenvalue weighted by atomic mass is 10.1. The Morgan fingerprint density at radius 1 is 1.14 bits per heavy atom. The van der Waals surface area contributed by atoms with Crippen molar-refractivity contribution < 1.29 is 4.39 Å². The first-order valence-electron chi connectivity index (χ1n) is 6.26. The van der Waals surface area contributed by atoms with Gasteiger partial charge in [0.1, 0.15) is 5.65 Å². The molecule has 4 heterocycles. The summed E-state index contributed by atoms with van der Waals surface area (Å²) in [5.74, 6) is -0.537. The van der Waals surface area contributed by atoms with E-state index >= 15 is 0 Å². The highest BCUT2D eigenvalue weighted by atomic mass is 35.5. The lowest BCUT2D eigenvalue weighted by molar-refractivity contribution is 0.624. The molecule has 0 amide bonds. The second-order valence-corrected chi connectivity index (χ2v) is 5.00. The summed E-state index contributed by atoms with van der Waals surface area (Å²) in [7, 11) is 0. The van der Waals surface area contributed by atoms with Gasteiger partial charge in [-0.2, -0.15) is 0 Å². The molecular weight excluding hydrogens is 291 g/mol. The SMILES string of the molecule is Fc1cnc2[nH]c3cnc(-c4cccnc4)cc3c2c1Cl. The Bertz CT molecular complexity index is 966. The maximum absolute atomic E-state index is 13.6. The number of halogens is 2. The fourth-order valence-corrected chi connectivity index (χ4v) is 2.61. The van der Waals surface area contributed by atoms with Crippen LogP contribution >= 0.6 is 11.6 Å². The van der Waals surface area contributed by atoms with Crippen molar-refractivity contribution in [2.75, 3.05) is 0 Å². The normalized spacial score (nSPS) is 11.3. The Hall–Kier alpha value is -2.53. The molecule has 0 saturated heterocycles. The zero-order valence-electron chi connectivity index (χ0n) is 10.6. The molecule has 0 fully saturated rings. The van der Waals surface area contributed by atoms with Crippen LogP contribution in [0.1, 0.15) is 0 Å². The van der Waals surface area contributed by atoms with Gasteiger partial charge in [-0.25, -0.2) is 9.37 Å². The van der Waals surface area contributed by atoms with Crippen molar-refractivity contribution in [2.24, 2.45) is 0 Å². The van der Waals surface area contributed by atoms with Crippen molar-refractivity contribution >= 4 is 33.5 Å². The van der Waals surface area contributed by atoms with Crippen LogP contribution in [0.25, 0.3) is 33.2 Å². The summed E-state index contributed by atoms with van der Waals surface area (Å²) < 4.78 is 13.6. The van der Waals surface area contributed by atoms with Crippen molar-refractivity contribution in [3.63, 3.8) is 0 Å². The Morgan fingerprint density at radius 3 is 2.86 bits per heavy atom. The molecule has 0 aliphatic carbocycles. The number of fused-ring (bicyclic) bond motifs is 3. The van der Waals surface area contributed by atoms with Gasteiger partial charge in [0, 0.05) is 28.7 Å². The highest BCUT2D eigenvalue weighted by molar-refractivity contribution is 6.37. The Kier molecular flexibility index (Phi) is 2.62. The highest BCUT2D eigenvalue weighted by Gasteiger charge is 2.14. The van der Waals surface area contributed by atoms with Crippen LogP contribution < -0.4 is 0 Å². The number of hydrogen-bond acceptors (Lipinski definition) is 3. The lowest BCUT2D eigenvalue weighted by Crippen LogP contribution is -1.84. The first kappa shape index (κ1) is 12.2. The number of pyridine rings is 3. The van der Waals surface area contributed by atoms with Gasteiger partial charge < -0.3 is 4.98 Å². The molecular formula is C15H8ClFN4. The quantitative estimate of drug-likeness (QED) is 0.578. The molecule has 102 valence electrons. The van der Waals surface area contributed by atoms with Gasteiger partial charge in [-0.05, 0) is 18.2 Å². The molecule has 4 aromatic heterocycles. The molecule has 6 heteroatoms. The summed E-state index contributed by atoms with van der Waals surface area (Å²) in [6.45, 7) is 0. The third-order valence-electron chi connectivity index (χ3n) is 3.36. The molecule has 4 aromatic rings. The van der Waals surface area contributed by atoms with Crippen LogP contribution in [0.3, 0.4) is 0 Å². The number of aromatic nitrogens is 4. The minimum atomic E-state index is -0.537. The molecule has 4 nitrogen and oxygen atoms in total. The number of nitrogens with one attached hydrogen (secondary N) is 1. The predicted molar refractivity (Wildman–Crippen MR) is 79.6 cm³/mol. The Morgan fingerprint density at radius 2 is 2.05 bits per heavy atom. The summed E-state index contributed by atoms with van der Waals surface area (Å²) in [6.07, 6.45) is 6.22. The summed E-state index contributed by atoms with van der Waals surface area (Å²) in [6, 6.07) is 5.61. The van der Waals surface area contributed by atoms with Crippen LogP contribution in [-0.4, -0.2) is 19.9 Å². The average molecular weight is 299 g/mol. The Labute approximate surface area is 123 Å². The van der Waals surface area contributed by atoms with Gasteiger partial charge in [0.05, 0.1) is 28.6 Å². The highest BCUT2D eigenvalue weighted by Crippen LogP contribution is 2.33. The van der Waals surface area contributed by atoms with Crippen molar-refractivity contribution in [2.45, 2.75) is 0 Å². The first-order chi connectivity index (χ1) is 10.2. The molecule has 0 bridgehead atoms. The number of rotatable bonds is 1. The van der Waals surface area contributed by atoms with E-state index in [1.165, 1.54) is 0 Å². The van der Waals surface area contributed by atoms with Gasteiger partial charge in [0.25, 0.3) is 0 Å². The van der Waals surface area contributed by atoms with Crippen LogP contribution in [-0.2, 0) is 0 Å². The van der Waals surface area contributed by atoms with E-state index in [9.17, 15) is 4.39 Å². The van der Waals surface area contributed by atoms with Gasteiger partial charge in [0.15, 0.2) is 5.82 Å². The van der Waals surface area contributed by atoms with Crippen LogP contribution in [0.5, 0.6) is 0 Å². The molecule has 4 rings (SSSR count). The first-order valence-corrected chi connectivity index (χ1v) is 6.63. The monoisotopic (exact) mass is 298 g/mol. The number of aromatic amines is 1. The number of nitrogens with zero attached hydrogens (tertiary/aromatic N) is 3. The van der Waals surface area contributed by atoms with E-state index in [1.54, 1.807) is 18.6 Å². The zero-order chi connectivity index (χ0) is 14.4. The fraction of sp³-hybridized carbons (Fsp3) is 0. The molecule has 0 unspecified atom stereocenters. The van der Waals surface area contributed by atoms with Gasteiger partial charge in [-0.3, -0.25) is 9.97 Å². The van der Waals surface area contributed by atoms with Crippen LogP contribution in [0.15, 0.2) is 43.0 Å². The van der Waals surface area contributed by atoms with Crippen LogP contribution in [0.4, 0.5) is 4.39 Å². The number of H-pyrrole nitrogens is 1. The molecule has 0 radical (unpaired) electrons. The topological polar surface area (TPSA) is 54.5 Å². The second-order valence-electron chi connectivity index (χ2n) is 4.63. The smallest absolute Gasteiger partial charge is 0.160 e. The minimum absolute atomic E-state index is 0.0644. The van der Waals surface area contributed by atoms with Crippen molar-refractivity contribution in [1.29, 1.82) is 0 Å². The molecule has 0 saturated carbocycles. The van der Waals surface area contributed by atoms with Gasteiger partial charge in [0.2, 0.25) is 0 Å². The Balaban J connectivity index is 2.07. The van der Waals surface area contributed by atoms with E-state index in [-0.39, 0.29) is 5.02 Å². The molecule has 0 aliphatic heterocycles. The number of hydrogen-bond donors (Lipinski definition) is 1. The third kappa shape index (κ3) is 1.86. The van der Waals surface area contributed by atoms with E-state index < -0.39 is 5.82 Å². The van der Waals surface area contributed by atoms with Crippen molar-refractivity contribution in [1.82, 2.24) is 19.9 Å². The van der Waals surface area contributed by atoms with Crippen molar-refractivity contribution in [3.05, 3.63) is 53.8 Å². The molecule has 0 aliphatic rings. The van der Waals surface area contributed by atoms with E-state index in [2.05, 4.69) is 19.9 Å². The molecule has 0 atom stereocenters. The maximum atomic E-state index is 13.6. The van der Waals surface area contributed by atoms with Gasteiger partial charge in [-0.15, -0.1) is 0 Å².